The largest absolute Gasteiger partial charge is 0.490 e. The smallest absolute Gasteiger partial charge is 0.258 e. The first-order chi connectivity index (χ1) is 9.85. The summed E-state index contributed by atoms with van der Waals surface area (Å²) in [5.74, 6) is 1.10. The molecule has 0 saturated carbocycles. The lowest BCUT2D eigenvalue weighted by molar-refractivity contribution is -0.124. The van der Waals surface area contributed by atoms with Crippen molar-refractivity contribution in [2.75, 3.05) is 20.3 Å². The minimum absolute atomic E-state index is 0. The maximum absolute atomic E-state index is 11.8. The number of halogens is 1. The van der Waals surface area contributed by atoms with Crippen molar-refractivity contribution in [2.45, 2.75) is 39.8 Å². The van der Waals surface area contributed by atoms with Gasteiger partial charge in [0.15, 0.2) is 18.1 Å². The zero-order chi connectivity index (χ0) is 15.9. The van der Waals surface area contributed by atoms with Gasteiger partial charge in [-0.1, -0.05) is 6.07 Å². The number of amides is 1. The van der Waals surface area contributed by atoms with Gasteiger partial charge < -0.3 is 20.1 Å². The number of nitrogens with one attached hydrogen (secondary N) is 2. The van der Waals surface area contributed by atoms with Crippen molar-refractivity contribution >= 4 is 18.3 Å². The van der Waals surface area contributed by atoms with E-state index in [9.17, 15) is 4.79 Å². The van der Waals surface area contributed by atoms with E-state index in [1.54, 1.807) is 0 Å². The average Bonchev–Trinajstić information content (AvgIpc) is 2.36. The van der Waals surface area contributed by atoms with Crippen LogP contribution in [0.25, 0.3) is 0 Å². The van der Waals surface area contributed by atoms with Crippen molar-refractivity contribution < 1.29 is 14.3 Å². The zero-order valence-electron chi connectivity index (χ0n) is 14.0. The maximum Gasteiger partial charge on any atom is 0.258 e. The quantitative estimate of drug-likeness (QED) is 0.806. The number of carbonyl (C=O) groups excluding carboxylic acids is 1. The van der Waals surface area contributed by atoms with E-state index in [1.165, 1.54) is 0 Å². The molecule has 0 aliphatic heterocycles. The third-order valence-corrected chi connectivity index (χ3v) is 2.56. The number of benzene rings is 1. The molecule has 0 radical (unpaired) electrons. The van der Waals surface area contributed by atoms with Gasteiger partial charge in [0.2, 0.25) is 0 Å². The molecule has 5 nitrogen and oxygen atoms in total. The summed E-state index contributed by atoms with van der Waals surface area (Å²) in [6.45, 7) is 9.00. The summed E-state index contributed by atoms with van der Waals surface area (Å²) in [7, 11) is 1.89. The Labute approximate surface area is 139 Å². The van der Waals surface area contributed by atoms with Crippen LogP contribution in [0, 0.1) is 0 Å². The Balaban J connectivity index is 0.00000441. The van der Waals surface area contributed by atoms with Gasteiger partial charge in [-0.2, -0.15) is 0 Å². The van der Waals surface area contributed by atoms with Gasteiger partial charge in [-0.15, -0.1) is 12.4 Å². The van der Waals surface area contributed by atoms with Gasteiger partial charge in [-0.25, -0.2) is 0 Å². The van der Waals surface area contributed by atoms with Crippen LogP contribution in [0.5, 0.6) is 11.5 Å². The molecule has 1 rings (SSSR count). The van der Waals surface area contributed by atoms with Gasteiger partial charge in [0.05, 0.1) is 6.61 Å². The van der Waals surface area contributed by atoms with E-state index >= 15 is 0 Å². The second kappa shape index (κ2) is 9.54. The Morgan fingerprint density at radius 1 is 1.18 bits per heavy atom. The first-order valence-electron chi connectivity index (χ1n) is 7.20. The van der Waals surface area contributed by atoms with E-state index < -0.39 is 0 Å². The van der Waals surface area contributed by atoms with Crippen molar-refractivity contribution in [3.8, 4) is 11.5 Å². The summed E-state index contributed by atoms with van der Waals surface area (Å²) in [5, 5.41) is 5.95. The fourth-order valence-electron chi connectivity index (χ4n) is 1.85. The SMILES string of the molecule is CCOc1cc(CNC)ccc1OCC(=O)NC(C)(C)C.Cl. The molecule has 1 aromatic carbocycles. The van der Waals surface area contributed by atoms with Gasteiger partial charge in [-0.3, -0.25) is 4.79 Å². The second-order valence-corrected chi connectivity index (χ2v) is 5.83. The Bertz CT molecular complexity index is 473. The average molecular weight is 331 g/mol. The predicted octanol–water partition coefficient (Wildman–Crippen LogP) is 2.52. The van der Waals surface area contributed by atoms with Crippen LogP contribution in [0.15, 0.2) is 18.2 Å². The summed E-state index contributed by atoms with van der Waals surface area (Å²) in [6, 6.07) is 5.72. The summed E-state index contributed by atoms with van der Waals surface area (Å²) in [4.78, 5) is 11.8. The van der Waals surface area contributed by atoms with Crippen LogP contribution in [0.2, 0.25) is 0 Å². The molecule has 6 heteroatoms. The predicted molar refractivity (Wildman–Crippen MR) is 91.0 cm³/mol. The molecule has 0 fully saturated rings. The molecule has 22 heavy (non-hydrogen) atoms. The Kier molecular flexibility index (Phi) is 8.90. The van der Waals surface area contributed by atoms with E-state index in [1.807, 2.05) is 52.9 Å². The molecule has 0 spiro atoms. The molecule has 0 saturated heterocycles. The van der Waals surface area contributed by atoms with Gasteiger partial charge in [-0.05, 0) is 52.4 Å². The van der Waals surface area contributed by atoms with E-state index in [2.05, 4.69) is 10.6 Å². The molecular formula is C16H27ClN2O3. The van der Waals surface area contributed by atoms with Crippen LogP contribution >= 0.6 is 12.4 Å². The van der Waals surface area contributed by atoms with Crippen LogP contribution in [0.1, 0.15) is 33.3 Å². The summed E-state index contributed by atoms with van der Waals surface area (Å²) >= 11 is 0. The molecule has 0 aliphatic carbocycles. The highest BCUT2D eigenvalue weighted by molar-refractivity contribution is 5.85. The molecule has 0 unspecified atom stereocenters. The van der Waals surface area contributed by atoms with Crippen molar-refractivity contribution in [1.29, 1.82) is 0 Å². The number of carbonyl (C=O) groups is 1. The van der Waals surface area contributed by atoms with Gasteiger partial charge in [0.25, 0.3) is 5.91 Å². The number of hydrogen-bond donors (Lipinski definition) is 2. The fraction of sp³-hybridized carbons (Fsp3) is 0.562. The van der Waals surface area contributed by atoms with E-state index in [0.717, 1.165) is 12.1 Å². The van der Waals surface area contributed by atoms with Crippen molar-refractivity contribution in [1.82, 2.24) is 10.6 Å². The van der Waals surface area contributed by atoms with Gasteiger partial charge in [0, 0.05) is 12.1 Å². The van der Waals surface area contributed by atoms with Crippen LogP contribution in [-0.2, 0) is 11.3 Å². The molecule has 0 bridgehead atoms. The Morgan fingerprint density at radius 2 is 1.86 bits per heavy atom. The van der Waals surface area contributed by atoms with E-state index in [-0.39, 0.29) is 30.5 Å². The fourth-order valence-corrected chi connectivity index (χ4v) is 1.85. The molecule has 1 amide bonds. The van der Waals surface area contributed by atoms with Crippen LogP contribution in [-0.4, -0.2) is 31.7 Å². The minimum atomic E-state index is -0.264. The van der Waals surface area contributed by atoms with Crippen LogP contribution < -0.4 is 20.1 Å². The summed E-state index contributed by atoms with van der Waals surface area (Å²) < 4.78 is 11.1. The zero-order valence-corrected chi connectivity index (χ0v) is 14.8. The highest BCUT2D eigenvalue weighted by atomic mass is 35.5. The normalized spacial score (nSPS) is 10.6. The second-order valence-electron chi connectivity index (χ2n) is 5.83. The minimum Gasteiger partial charge on any atom is -0.490 e. The first kappa shape index (κ1) is 20.5. The van der Waals surface area contributed by atoms with Crippen molar-refractivity contribution in [3.63, 3.8) is 0 Å². The lowest BCUT2D eigenvalue weighted by Crippen LogP contribution is -2.43. The maximum atomic E-state index is 11.8. The van der Waals surface area contributed by atoms with Crippen molar-refractivity contribution in [2.24, 2.45) is 0 Å². The summed E-state index contributed by atoms with van der Waals surface area (Å²) in [6.07, 6.45) is 0. The lowest BCUT2D eigenvalue weighted by Gasteiger charge is -2.21. The standard InChI is InChI=1S/C16H26N2O3.ClH/c1-6-20-14-9-12(10-17-5)7-8-13(14)21-11-15(19)18-16(2,3)4;/h7-9,17H,6,10-11H2,1-5H3,(H,18,19);1H. The molecule has 0 atom stereocenters. The molecule has 1 aromatic rings. The number of rotatable bonds is 7. The lowest BCUT2D eigenvalue weighted by atomic mass is 10.1. The molecule has 0 heterocycles. The van der Waals surface area contributed by atoms with Gasteiger partial charge in [0.1, 0.15) is 0 Å². The van der Waals surface area contributed by atoms with E-state index in [4.69, 9.17) is 9.47 Å². The third kappa shape index (κ3) is 7.52. The third-order valence-electron chi connectivity index (χ3n) is 2.56. The monoisotopic (exact) mass is 330 g/mol. The highest BCUT2D eigenvalue weighted by Crippen LogP contribution is 2.28. The van der Waals surface area contributed by atoms with E-state index in [0.29, 0.717) is 18.1 Å². The molecule has 0 aromatic heterocycles. The molecule has 0 aliphatic rings. The van der Waals surface area contributed by atoms with Crippen LogP contribution in [0.4, 0.5) is 0 Å². The Hall–Kier alpha value is -1.46. The number of hydrogen-bond acceptors (Lipinski definition) is 4. The molecular weight excluding hydrogens is 304 g/mol. The molecule has 2 N–H and O–H groups in total. The van der Waals surface area contributed by atoms with Crippen molar-refractivity contribution in [3.05, 3.63) is 23.8 Å². The first-order valence-corrected chi connectivity index (χ1v) is 7.20. The Morgan fingerprint density at radius 3 is 2.41 bits per heavy atom. The number of ether oxygens (including phenoxy) is 2. The topological polar surface area (TPSA) is 59.6 Å². The summed E-state index contributed by atoms with van der Waals surface area (Å²) in [5.41, 5.74) is 0.840. The van der Waals surface area contributed by atoms with Crippen LogP contribution in [0.3, 0.4) is 0 Å². The molecule has 126 valence electrons. The van der Waals surface area contributed by atoms with Gasteiger partial charge >= 0.3 is 0 Å². The highest BCUT2D eigenvalue weighted by Gasteiger charge is 2.15.